The predicted octanol–water partition coefficient (Wildman–Crippen LogP) is 3.21. The van der Waals surface area contributed by atoms with E-state index in [4.69, 9.17) is 13.9 Å². The second-order valence-corrected chi connectivity index (χ2v) is 6.24. The second-order valence-electron chi connectivity index (χ2n) is 6.24. The van der Waals surface area contributed by atoms with Gasteiger partial charge in [-0.1, -0.05) is 12.1 Å². The fourth-order valence-electron chi connectivity index (χ4n) is 2.59. The number of guanidine groups is 1. The summed E-state index contributed by atoms with van der Waals surface area (Å²) in [4.78, 5) is 8.93. The van der Waals surface area contributed by atoms with Crippen molar-refractivity contribution in [3.63, 3.8) is 0 Å². The van der Waals surface area contributed by atoms with Crippen molar-refractivity contribution >= 4 is 29.9 Å². The highest BCUT2D eigenvalue weighted by Gasteiger charge is 2.10. The first kappa shape index (κ1) is 23.5. The molecule has 0 saturated heterocycles. The van der Waals surface area contributed by atoms with E-state index in [0.29, 0.717) is 48.0 Å². The Labute approximate surface area is 192 Å². The van der Waals surface area contributed by atoms with E-state index >= 15 is 0 Å². The third kappa shape index (κ3) is 6.65. The number of hydrogen-bond donors (Lipinski definition) is 3. The number of aromatic amines is 1. The number of ether oxygens (including phenoxy) is 2. The number of nitrogens with one attached hydrogen (secondary N) is 3. The lowest BCUT2D eigenvalue weighted by atomic mass is 10.3. The molecule has 0 saturated carbocycles. The van der Waals surface area contributed by atoms with E-state index in [1.165, 1.54) is 0 Å². The van der Waals surface area contributed by atoms with Gasteiger partial charge in [0.25, 0.3) is 0 Å². The molecule has 1 aromatic carbocycles. The fourth-order valence-corrected chi connectivity index (χ4v) is 2.59. The smallest absolute Gasteiger partial charge is 0.216 e. The number of rotatable bonds is 9. The first-order chi connectivity index (χ1) is 14.2. The number of benzene rings is 1. The van der Waals surface area contributed by atoms with Crippen LogP contribution >= 0.6 is 24.0 Å². The van der Waals surface area contributed by atoms with Gasteiger partial charge in [0.2, 0.25) is 5.82 Å². The third-order valence-electron chi connectivity index (χ3n) is 3.96. The van der Waals surface area contributed by atoms with Gasteiger partial charge in [-0.25, -0.2) is 9.98 Å². The zero-order valence-electron chi connectivity index (χ0n) is 17.2. The molecule has 0 bridgehead atoms. The Balaban J connectivity index is 0.00000320. The van der Waals surface area contributed by atoms with Crippen molar-refractivity contribution in [3.8, 4) is 23.1 Å². The van der Waals surface area contributed by atoms with E-state index in [1.54, 1.807) is 19.4 Å². The number of aromatic nitrogens is 3. The van der Waals surface area contributed by atoms with E-state index in [0.717, 1.165) is 6.54 Å². The van der Waals surface area contributed by atoms with Crippen LogP contribution in [0.4, 0.5) is 0 Å². The normalized spacial score (nSPS) is 12.0. The summed E-state index contributed by atoms with van der Waals surface area (Å²) in [6, 6.07) is 11.2. The van der Waals surface area contributed by atoms with Gasteiger partial charge in [0, 0.05) is 6.54 Å². The zero-order chi connectivity index (χ0) is 20.5. The zero-order valence-corrected chi connectivity index (χ0v) is 19.5. The summed E-state index contributed by atoms with van der Waals surface area (Å²) in [6.45, 7) is 5.65. The maximum atomic E-state index is 5.96. The molecule has 10 heteroatoms. The lowest BCUT2D eigenvalue weighted by molar-refractivity contribution is 0.213. The minimum atomic E-state index is -0.0917. The molecule has 2 aromatic heterocycles. The van der Waals surface area contributed by atoms with Gasteiger partial charge in [-0.2, -0.15) is 0 Å². The van der Waals surface area contributed by atoms with Gasteiger partial charge in [0.1, 0.15) is 18.5 Å². The van der Waals surface area contributed by atoms with Crippen molar-refractivity contribution in [1.82, 2.24) is 25.8 Å². The highest BCUT2D eigenvalue weighted by molar-refractivity contribution is 14.0. The van der Waals surface area contributed by atoms with Crippen LogP contribution < -0.4 is 20.1 Å². The highest BCUT2D eigenvalue weighted by Crippen LogP contribution is 2.26. The standard InChI is InChI=1S/C20H26N6O3.HI/c1-4-21-20(22-12-14(2)29-16-9-6-5-8-15(16)27-3)23-13-18-24-19(26-25-18)17-10-7-11-28-17;/h5-11,14H,4,12-13H2,1-3H3,(H2,21,22,23)(H,24,25,26);1H. The number of hydrogen-bond acceptors (Lipinski definition) is 6. The molecular weight excluding hydrogens is 499 g/mol. The van der Waals surface area contributed by atoms with Gasteiger partial charge in [-0.15, -0.1) is 29.1 Å². The number of aliphatic imine (C=N–C) groups is 1. The summed E-state index contributed by atoms with van der Waals surface area (Å²) in [5.74, 6) is 3.85. The molecule has 2 heterocycles. The molecule has 0 radical (unpaired) electrons. The second kappa shape index (κ2) is 12.1. The van der Waals surface area contributed by atoms with Gasteiger partial charge in [-0.05, 0) is 38.1 Å². The summed E-state index contributed by atoms with van der Waals surface area (Å²) >= 11 is 0. The minimum absolute atomic E-state index is 0. The number of halogens is 1. The number of H-pyrrole nitrogens is 1. The molecule has 1 unspecified atom stereocenters. The molecule has 0 amide bonds. The van der Waals surface area contributed by atoms with Crippen LogP contribution in [0, 0.1) is 0 Å². The summed E-state index contributed by atoms with van der Waals surface area (Å²) < 4.78 is 16.6. The van der Waals surface area contributed by atoms with Crippen LogP contribution in [0.25, 0.3) is 11.6 Å². The number of methoxy groups -OCH3 is 1. The molecule has 0 fully saturated rings. The summed E-state index contributed by atoms with van der Waals surface area (Å²) in [5.41, 5.74) is 0. The molecule has 162 valence electrons. The Hall–Kier alpha value is -2.76. The summed E-state index contributed by atoms with van der Waals surface area (Å²) in [7, 11) is 1.63. The summed E-state index contributed by atoms with van der Waals surface area (Å²) in [6.07, 6.45) is 1.50. The van der Waals surface area contributed by atoms with Crippen molar-refractivity contribution in [1.29, 1.82) is 0 Å². The van der Waals surface area contributed by atoms with Crippen molar-refractivity contribution < 1.29 is 13.9 Å². The fraction of sp³-hybridized carbons (Fsp3) is 0.350. The Kier molecular flexibility index (Phi) is 9.45. The van der Waals surface area contributed by atoms with Crippen LogP contribution in [-0.4, -0.2) is 47.4 Å². The van der Waals surface area contributed by atoms with Crippen LogP contribution in [0.15, 0.2) is 52.1 Å². The molecule has 0 spiro atoms. The third-order valence-corrected chi connectivity index (χ3v) is 3.96. The Morgan fingerprint density at radius 1 is 1.20 bits per heavy atom. The molecule has 0 aliphatic heterocycles. The first-order valence-corrected chi connectivity index (χ1v) is 9.46. The molecule has 3 aromatic rings. The maximum Gasteiger partial charge on any atom is 0.216 e. The van der Waals surface area contributed by atoms with Crippen LogP contribution in [0.3, 0.4) is 0 Å². The van der Waals surface area contributed by atoms with E-state index in [2.05, 4.69) is 30.8 Å². The SMILES string of the molecule is CCNC(=NCc1nc(-c2ccco2)n[nH]1)NCC(C)Oc1ccccc1OC.I. The minimum Gasteiger partial charge on any atom is -0.493 e. The molecule has 30 heavy (non-hydrogen) atoms. The number of nitrogens with zero attached hydrogens (tertiary/aromatic N) is 3. The van der Waals surface area contributed by atoms with E-state index in [-0.39, 0.29) is 30.1 Å². The van der Waals surface area contributed by atoms with Crippen LogP contribution in [-0.2, 0) is 6.54 Å². The van der Waals surface area contributed by atoms with Crippen molar-refractivity contribution in [2.75, 3.05) is 20.2 Å². The molecule has 0 aliphatic carbocycles. The Morgan fingerprint density at radius 2 is 2.00 bits per heavy atom. The van der Waals surface area contributed by atoms with E-state index < -0.39 is 0 Å². The van der Waals surface area contributed by atoms with Gasteiger partial charge >= 0.3 is 0 Å². The average Bonchev–Trinajstić information content (AvgIpc) is 3.42. The van der Waals surface area contributed by atoms with Gasteiger partial charge < -0.3 is 24.5 Å². The van der Waals surface area contributed by atoms with Crippen LogP contribution in [0.2, 0.25) is 0 Å². The quantitative estimate of drug-likeness (QED) is 0.223. The largest absolute Gasteiger partial charge is 0.493 e. The van der Waals surface area contributed by atoms with Crippen molar-refractivity contribution in [3.05, 3.63) is 48.5 Å². The molecule has 0 aliphatic rings. The summed E-state index contributed by atoms with van der Waals surface area (Å²) in [5, 5.41) is 13.5. The van der Waals surface area contributed by atoms with Crippen LogP contribution in [0.1, 0.15) is 19.7 Å². The first-order valence-electron chi connectivity index (χ1n) is 9.46. The topological polar surface area (TPSA) is 110 Å². The van der Waals surface area contributed by atoms with Crippen LogP contribution in [0.5, 0.6) is 11.5 Å². The number of furan rings is 1. The van der Waals surface area contributed by atoms with E-state index in [1.807, 2.05) is 44.2 Å². The molecule has 3 rings (SSSR count). The van der Waals surface area contributed by atoms with Crippen molar-refractivity contribution in [2.24, 2.45) is 4.99 Å². The molecule has 3 N–H and O–H groups in total. The lowest BCUT2D eigenvalue weighted by Gasteiger charge is -2.18. The molecular formula is C20H27IN6O3. The van der Waals surface area contributed by atoms with E-state index in [9.17, 15) is 0 Å². The molecule has 1 atom stereocenters. The Bertz CT molecular complexity index is 913. The van der Waals surface area contributed by atoms with Gasteiger partial charge in [0.15, 0.2) is 23.2 Å². The van der Waals surface area contributed by atoms with Crippen molar-refractivity contribution in [2.45, 2.75) is 26.5 Å². The van der Waals surface area contributed by atoms with Gasteiger partial charge in [0.05, 0.1) is 19.9 Å². The maximum absolute atomic E-state index is 5.96. The average molecular weight is 526 g/mol. The Morgan fingerprint density at radius 3 is 2.70 bits per heavy atom. The number of para-hydroxylation sites is 2. The highest BCUT2D eigenvalue weighted by atomic mass is 127. The monoisotopic (exact) mass is 526 g/mol. The van der Waals surface area contributed by atoms with Gasteiger partial charge in [-0.3, -0.25) is 5.10 Å². The lowest BCUT2D eigenvalue weighted by Crippen LogP contribution is -2.41. The predicted molar refractivity (Wildman–Crippen MR) is 125 cm³/mol. The molecule has 9 nitrogen and oxygen atoms in total.